The summed E-state index contributed by atoms with van der Waals surface area (Å²) in [6.45, 7) is 0. The Hall–Kier alpha value is -2.48. The number of carbonyl (C=O) groups is 2. The van der Waals surface area contributed by atoms with Gasteiger partial charge in [0.1, 0.15) is 11.3 Å². The number of amides is 2. The summed E-state index contributed by atoms with van der Waals surface area (Å²) in [6.07, 6.45) is 3.17. The first kappa shape index (κ1) is 17.3. The van der Waals surface area contributed by atoms with E-state index in [4.69, 9.17) is 4.74 Å². The zero-order chi connectivity index (χ0) is 17.6. The smallest absolute Gasteiger partial charge is 0.226 e. The SMILES string of the molecule is COc1ccc2c(c1)CCCC2NC(=O)CCC(=O)Nc1nncs1. The van der Waals surface area contributed by atoms with E-state index < -0.39 is 0 Å². The molecule has 1 atom stereocenters. The monoisotopic (exact) mass is 360 g/mol. The van der Waals surface area contributed by atoms with Gasteiger partial charge in [-0.2, -0.15) is 0 Å². The van der Waals surface area contributed by atoms with Gasteiger partial charge in [-0.1, -0.05) is 17.4 Å². The summed E-state index contributed by atoms with van der Waals surface area (Å²) in [4.78, 5) is 24.0. The Morgan fingerprint density at radius 2 is 2.16 bits per heavy atom. The van der Waals surface area contributed by atoms with Gasteiger partial charge in [0.2, 0.25) is 16.9 Å². The van der Waals surface area contributed by atoms with Crippen LogP contribution in [-0.2, 0) is 16.0 Å². The first-order valence-corrected chi connectivity index (χ1v) is 9.06. The zero-order valence-electron chi connectivity index (χ0n) is 13.9. The second-order valence-corrected chi connectivity index (χ2v) is 6.70. The van der Waals surface area contributed by atoms with Gasteiger partial charge in [0.25, 0.3) is 0 Å². The van der Waals surface area contributed by atoms with Crippen LogP contribution in [0.1, 0.15) is 42.9 Å². The number of nitrogens with zero attached hydrogens (tertiary/aromatic N) is 2. The van der Waals surface area contributed by atoms with Crippen LogP contribution in [0.25, 0.3) is 0 Å². The maximum atomic E-state index is 12.2. The van der Waals surface area contributed by atoms with Crippen LogP contribution >= 0.6 is 11.3 Å². The fraction of sp³-hybridized carbons (Fsp3) is 0.412. The molecule has 0 fully saturated rings. The van der Waals surface area contributed by atoms with Crippen molar-refractivity contribution in [1.82, 2.24) is 15.5 Å². The van der Waals surface area contributed by atoms with E-state index >= 15 is 0 Å². The molecule has 8 heteroatoms. The molecule has 2 aromatic rings. The van der Waals surface area contributed by atoms with Crippen LogP contribution < -0.4 is 15.4 Å². The van der Waals surface area contributed by atoms with E-state index in [9.17, 15) is 9.59 Å². The van der Waals surface area contributed by atoms with Crippen LogP contribution in [-0.4, -0.2) is 29.1 Å². The Bertz CT molecular complexity index is 748. The van der Waals surface area contributed by atoms with Gasteiger partial charge >= 0.3 is 0 Å². The molecule has 1 unspecified atom stereocenters. The molecule has 2 N–H and O–H groups in total. The van der Waals surface area contributed by atoms with Crippen molar-refractivity contribution >= 4 is 28.3 Å². The molecular weight excluding hydrogens is 340 g/mol. The number of ether oxygens (including phenoxy) is 1. The molecular formula is C17H20N4O3S. The van der Waals surface area contributed by atoms with Crippen molar-refractivity contribution in [1.29, 1.82) is 0 Å². The van der Waals surface area contributed by atoms with Crippen LogP contribution in [0.5, 0.6) is 5.75 Å². The Morgan fingerprint density at radius 3 is 2.92 bits per heavy atom. The van der Waals surface area contributed by atoms with Gasteiger partial charge in [-0.3, -0.25) is 9.59 Å². The average molecular weight is 360 g/mol. The second-order valence-electron chi connectivity index (χ2n) is 5.87. The highest BCUT2D eigenvalue weighted by molar-refractivity contribution is 7.13. The summed E-state index contributed by atoms with van der Waals surface area (Å²) in [5.74, 6) is 0.473. The number of aromatic nitrogens is 2. The van der Waals surface area contributed by atoms with Crippen LogP contribution in [0.15, 0.2) is 23.7 Å². The number of carbonyl (C=O) groups excluding carboxylic acids is 2. The molecule has 0 saturated heterocycles. The Kier molecular flexibility index (Phi) is 5.60. The maximum Gasteiger partial charge on any atom is 0.226 e. The third-order valence-corrected chi connectivity index (χ3v) is 4.79. The summed E-state index contributed by atoms with van der Waals surface area (Å²) in [5.41, 5.74) is 3.89. The fourth-order valence-corrected chi connectivity index (χ4v) is 3.43. The van der Waals surface area contributed by atoms with Gasteiger partial charge in [-0.05, 0) is 42.5 Å². The molecule has 1 heterocycles. The molecule has 25 heavy (non-hydrogen) atoms. The maximum absolute atomic E-state index is 12.2. The number of anilines is 1. The quantitative estimate of drug-likeness (QED) is 0.825. The molecule has 1 aliphatic rings. The molecule has 132 valence electrons. The molecule has 2 amide bonds. The lowest BCUT2D eigenvalue weighted by atomic mass is 9.87. The fourth-order valence-electron chi connectivity index (χ4n) is 2.97. The van der Waals surface area contributed by atoms with Crippen molar-refractivity contribution in [3.63, 3.8) is 0 Å². The number of nitrogens with one attached hydrogen (secondary N) is 2. The van der Waals surface area contributed by atoms with Gasteiger partial charge in [-0.15, -0.1) is 10.2 Å². The number of hydrogen-bond donors (Lipinski definition) is 2. The van der Waals surface area contributed by atoms with Crippen molar-refractivity contribution < 1.29 is 14.3 Å². The first-order valence-electron chi connectivity index (χ1n) is 8.18. The molecule has 0 aliphatic heterocycles. The Labute approximate surface area is 149 Å². The number of benzene rings is 1. The van der Waals surface area contributed by atoms with Crippen molar-refractivity contribution in [2.75, 3.05) is 12.4 Å². The van der Waals surface area contributed by atoms with Gasteiger partial charge in [0, 0.05) is 12.8 Å². The van der Waals surface area contributed by atoms with E-state index in [0.29, 0.717) is 5.13 Å². The summed E-state index contributed by atoms with van der Waals surface area (Å²) >= 11 is 1.24. The Balaban J connectivity index is 1.52. The minimum Gasteiger partial charge on any atom is -0.497 e. The minimum atomic E-state index is -0.235. The summed E-state index contributed by atoms with van der Waals surface area (Å²) in [5, 5.41) is 13.5. The number of fused-ring (bicyclic) bond motifs is 1. The zero-order valence-corrected chi connectivity index (χ0v) is 14.8. The van der Waals surface area contributed by atoms with Crippen LogP contribution in [0.2, 0.25) is 0 Å². The molecule has 0 saturated carbocycles. The molecule has 3 rings (SSSR count). The van der Waals surface area contributed by atoms with E-state index in [1.165, 1.54) is 22.4 Å². The van der Waals surface area contributed by atoms with Crippen molar-refractivity contribution in [3.05, 3.63) is 34.8 Å². The van der Waals surface area contributed by atoms with Gasteiger partial charge in [0.15, 0.2) is 0 Å². The van der Waals surface area contributed by atoms with Crippen molar-refractivity contribution in [3.8, 4) is 5.75 Å². The third-order valence-electron chi connectivity index (χ3n) is 4.19. The molecule has 1 aromatic heterocycles. The molecule has 7 nitrogen and oxygen atoms in total. The average Bonchev–Trinajstić information content (AvgIpc) is 3.12. The molecule has 0 bridgehead atoms. The van der Waals surface area contributed by atoms with Crippen LogP contribution in [0, 0.1) is 0 Å². The third kappa shape index (κ3) is 4.54. The molecule has 0 spiro atoms. The lowest BCUT2D eigenvalue weighted by Gasteiger charge is -2.26. The van der Waals surface area contributed by atoms with Crippen molar-refractivity contribution in [2.24, 2.45) is 0 Å². The van der Waals surface area contributed by atoms with E-state index in [-0.39, 0.29) is 30.7 Å². The normalized spacial score (nSPS) is 16.0. The van der Waals surface area contributed by atoms with Crippen LogP contribution in [0.3, 0.4) is 0 Å². The van der Waals surface area contributed by atoms with E-state index in [2.05, 4.69) is 20.8 Å². The predicted octanol–water partition coefficient (Wildman–Crippen LogP) is 2.46. The van der Waals surface area contributed by atoms with E-state index in [1.807, 2.05) is 18.2 Å². The highest BCUT2D eigenvalue weighted by Crippen LogP contribution is 2.32. The van der Waals surface area contributed by atoms with Gasteiger partial charge in [0.05, 0.1) is 13.2 Å². The molecule has 1 aliphatic carbocycles. The lowest BCUT2D eigenvalue weighted by Crippen LogP contribution is -2.31. The lowest BCUT2D eigenvalue weighted by molar-refractivity contribution is -0.125. The second kappa shape index (κ2) is 8.06. The summed E-state index contributed by atoms with van der Waals surface area (Å²) in [7, 11) is 1.65. The summed E-state index contributed by atoms with van der Waals surface area (Å²) in [6, 6.07) is 5.95. The topological polar surface area (TPSA) is 93.2 Å². The van der Waals surface area contributed by atoms with Gasteiger partial charge < -0.3 is 15.4 Å². The minimum absolute atomic E-state index is 0.00613. The van der Waals surface area contributed by atoms with Crippen molar-refractivity contribution in [2.45, 2.75) is 38.1 Å². The highest BCUT2D eigenvalue weighted by Gasteiger charge is 2.22. The Morgan fingerprint density at radius 1 is 1.32 bits per heavy atom. The highest BCUT2D eigenvalue weighted by atomic mass is 32.1. The molecule has 0 radical (unpaired) electrons. The number of aryl methyl sites for hydroxylation is 1. The number of hydrogen-bond acceptors (Lipinski definition) is 6. The van der Waals surface area contributed by atoms with E-state index in [0.717, 1.165) is 30.6 Å². The number of methoxy groups -OCH3 is 1. The first-order chi connectivity index (χ1) is 12.2. The largest absolute Gasteiger partial charge is 0.497 e. The van der Waals surface area contributed by atoms with Crippen LogP contribution in [0.4, 0.5) is 5.13 Å². The van der Waals surface area contributed by atoms with E-state index in [1.54, 1.807) is 7.11 Å². The van der Waals surface area contributed by atoms with Gasteiger partial charge in [-0.25, -0.2) is 0 Å². The number of rotatable bonds is 6. The summed E-state index contributed by atoms with van der Waals surface area (Å²) < 4.78 is 5.26. The predicted molar refractivity (Wildman–Crippen MR) is 94.6 cm³/mol. The molecule has 1 aromatic carbocycles. The standard InChI is InChI=1S/C17H20N4O3S/c1-24-12-5-6-13-11(9-12)3-2-4-14(13)19-15(22)7-8-16(23)20-17-21-18-10-25-17/h5-6,9-10,14H,2-4,7-8H2,1H3,(H,19,22)(H,20,21,23).